The van der Waals surface area contributed by atoms with E-state index >= 15 is 0 Å². The van der Waals surface area contributed by atoms with Crippen LogP contribution in [-0.4, -0.2) is 36.5 Å². The highest BCUT2D eigenvalue weighted by Gasteiger charge is 2.24. The molecular weight excluding hydrogens is 394 g/mol. The maximum Gasteiger partial charge on any atom is 0.313 e. The summed E-state index contributed by atoms with van der Waals surface area (Å²) in [6.07, 6.45) is 3.10. The summed E-state index contributed by atoms with van der Waals surface area (Å²) in [4.78, 5) is 26.2. The van der Waals surface area contributed by atoms with Crippen molar-refractivity contribution in [3.05, 3.63) is 70.8 Å². The number of ether oxygens (including phenoxy) is 1. The highest BCUT2D eigenvalue weighted by Crippen LogP contribution is 2.43. The van der Waals surface area contributed by atoms with Gasteiger partial charge in [0, 0.05) is 37.1 Å². The lowest BCUT2D eigenvalue weighted by atomic mass is 9.86. The van der Waals surface area contributed by atoms with E-state index in [1.165, 1.54) is 39.7 Å². The van der Waals surface area contributed by atoms with Crippen LogP contribution in [0, 0.1) is 0 Å². The summed E-state index contributed by atoms with van der Waals surface area (Å²) in [7, 11) is 0. The first-order chi connectivity index (χ1) is 14.6. The molecule has 2 heterocycles. The summed E-state index contributed by atoms with van der Waals surface area (Å²) in [6, 6.07) is 17.6. The molecule has 5 heteroatoms. The van der Waals surface area contributed by atoms with Gasteiger partial charge in [-0.3, -0.25) is 9.59 Å². The first kappa shape index (κ1) is 20.9. The van der Waals surface area contributed by atoms with Gasteiger partial charge < -0.3 is 9.64 Å². The molecule has 2 aromatic carbocycles. The van der Waals surface area contributed by atoms with Gasteiger partial charge in [0.05, 0.1) is 0 Å². The van der Waals surface area contributed by atoms with Gasteiger partial charge in [-0.2, -0.15) is 0 Å². The number of fused-ring (bicyclic) bond motifs is 2. The molecule has 30 heavy (non-hydrogen) atoms. The SMILES string of the molecule is CC(=O)OC(=O)CCCN1CCC(=C2c3ccccc3CSc3ccccc32)CC1. The Balaban J connectivity index is 1.49. The Labute approximate surface area is 182 Å². The van der Waals surface area contributed by atoms with Gasteiger partial charge in [0.15, 0.2) is 0 Å². The van der Waals surface area contributed by atoms with Crippen LogP contribution in [0.1, 0.15) is 49.3 Å². The van der Waals surface area contributed by atoms with Crippen molar-refractivity contribution in [1.82, 2.24) is 4.90 Å². The largest absolute Gasteiger partial charge is 0.393 e. The zero-order valence-electron chi connectivity index (χ0n) is 17.4. The molecule has 0 bridgehead atoms. The number of hydrogen-bond donors (Lipinski definition) is 0. The molecule has 0 amide bonds. The Bertz CT molecular complexity index is 922. The molecule has 0 radical (unpaired) electrons. The minimum atomic E-state index is -0.531. The van der Waals surface area contributed by atoms with E-state index in [0.29, 0.717) is 6.42 Å². The Kier molecular flexibility index (Phi) is 6.70. The van der Waals surface area contributed by atoms with E-state index in [1.807, 2.05) is 11.8 Å². The predicted molar refractivity (Wildman–Crippen MR) is 120 cm³/mol. The van der Waals surface area contributed by atoms with E-state index in [4.69, 9.17) is 0 Å². The Morgan fingerprint density at radius 2 is 1.70 bits per heavy atom. The van der Waals surface area contributed by atoms with Crippen molar-refractivity contribution in [3.8, 4) is 0 Å². The Morgan fingerprint density at radius 1 is 1.00 bits per heavy atom. The minimum absolute atomic E-state index is 0.294. The topological polar surface area (TPSA) is 46.6 Å². The van der Waals surface area contributed by atoms with E-state index in [-0.39, 0.29) is 0 Å². The lowest BCUT2D eigenvalue weighted by Crippen LogP contribution is -2.32. The summed E-state index contributed by atoms with van der Waals surface area (Å²) in [5.74, 6) is 0.0507. The first-order valence-electron chi connectivity index (χ1n) is 10.6. The number of carbonyl (C=O) groups is 2. The third-order valence-electron chi connectivity index (χ3n) is 5.75. The number of carbonyl (C=O) groups excluding carboxylic acids is 2. The molecule has 0 atom stereocenters. The smallest absolute Gasteiger partial charge is 0.313 e. The molecule has 156 valence electrons. The molecule has 2 aliphatic rings. The monoisotopic (exact) mass is 421 g/mol. The highest BCUT2D eigenvalue weighted by atomic mass is 32.2. The summed E-state index contributed by atoms with van der Waals surface area (Å²) < 4.78 is 4.61. The second-order valence-electron chi connectivity index (χ2n) is 7.83. The van der Waals surface area contributed by atoms with Gasteiger partial charge in [-0.15, -0.1) is 11.8 Å². The third-order valence-corrected chi connectivity index (χ3v) is 6.87. The second-order valence-corrected chi connectivity index (χ2v) is 8.85. The standard InChI is InChI=1S/C25H27NO3S/c1-18(27)29-24(28)11-6-14-26-15-12-19(13-16-26)25-21-8-3-2-7-20(21)17-30-23-10-5-4-9-22(23)25/h2-5,7-10H,6,11-17H2,1H3. The van der Waals surface area contributed by atoms with E-state index in [0.717, 1.165) is 44.6 Å². The molecule has 1 saturated heterocycles. The third kappa shape index (κ3) is 4.85. The summed E-state index contributed by atoms with van der Waals surface area (Å²) >= 11 is 1.93. The lowest BCUT2D eigenvalue weighted by molar-refractivity contribution is -0.158. The van der Waals surface area contributed by atoms with Crippen molar-refractivity contribution < 1.29 is 14.3 Å². The number of nitrogens with zero attached hydrogens (tertiary/aromatic N) is 1. The van der Waals surface area contributed by atoms with Crippen LogP contribution in [0.5, 0.6) is 0 Å². The molecule has 0 aromatic heterocycles. The van der Waals surface area contributed by atoms with Crippen LogP contribution < -0.4 is 0 Å². The van der Waals surface area contributed by atoms with Crippen molar-refractivity contribution in [2.75, 3.05) is 19.6 Å². The van der Waals surface area contributed by atoms with Gasteiger partial charge in [0.25, 0.3) is 0 Å². The van der Waals surface area contributed by atoms with Gasteiger partial charge in [0.1, 0.15) is 0 Å². The quantitative estimate of drug-likeness (QED) is 0.510. The van der Waals surface area contributed by atoms with Gasteiger partial charge in [-0.05, 0) is 54.1 Å². The summed E-state index contributed by atoms with van der Waals surface area (Å²) in [6.45, 7) is 4.12. The van der Waals surface area contributed by atoms with Crippen LogP contribution >= 0.6 is 11.8 Å². The second kappa shape index (κ2) is 9.63. The van der Waals surface area contributed by atoms with Crippen LogP contribution in [0.25, 0.3) is 5.57 Å². The summed E-state index contributed by atoms with van der Waals surface area (Å²) in [5, 5.41) is 0. The molecule has 0 saturated carbocycles. The van der Waals surface area contributed by atoms with E-state index in [1.54, 1.807) is 0 Å². The molecule has 0 spiro atoms. The number of hydrogen-bond acceptors (Lipinski definition) is 5. The lowest BCUT2D eigenvalue weighted by Gasteiger charge is -2.30. The molecule has 4 nitrogen and oxygen atoms in total. The average Bonchev–Trinajstić information content (AvgIpc) is 2.91. The van der Waals surface area contributed by atoms with Crippen molar-refractivity contribution in [2.24, 2.45) is 0 Å². The van der Waals surface area contributed by atoms with Crippen molar-refractivity contribution in [3.63, 3.8) is 0 Å². The van der Waals surface area contributed by atoms with Gasteiger partial charge in [0.2, 0.25) is 0 Å². The van der Waals surface area contributed by atoms with Crippen LogP contribution in [0.4, 0.5) is 0 Å². The van der Waals surface area contributed by atoms with Crippen molar-refractivity contribution in [2.45, 2.75) is 43.3 Å². The van der Waals surface area contributed by atoms with Crippen LogP contribution in [-0.2, 0) is 20.1 Å². The normalized spacial score (nSPS) is 16.4. The van der Waals surface area contributed by atoms with Crippen molar-refractivity contribution in [1.29, 1.82) is 0 Å². The van der Waals surface area contributed by atoms with Crippen LogP contribution in [0.3, 0.4) is 0 Å². The number of esters is 2. The Hall–Kier alpha value is -2.37. The minimum Gasteiger partial charge on any atom is -0.393 e. The maximum absolute atomic E-state index is 11.5. The van der Waals surface area contributed by atoms with Crippen LogP contribution in [0.15, 0.2) is 59.0 Å². The number of thioether (sulfide) groups is 1. The van der Waals surface area contributed by atoms with Gasteiger partial charge in [-0.25, -0.2) is 0 Å². The summed E-state index contributed by atoms with van der Waals surface area (Å²) in [5.41, 5.74) is 7.11. The fraction of sp³-hybridized carbons (Fsp3) is 0.360. The maximum atomic E-state index is 11.5. The van der Waals surface area contributed by atoms with E-state index in [2.05, 4.69) is 58.2 Å². The molecule has 2 aromatic rings. The fourth-order valence-electron chi connectivity index (χ4n) is 4.33. The molecule has 0 N–H and O–H groups in total. The number of piperidine rings is 1. The number of likely N-dealkylation sites (tertiary alicyclic amines) is 1. The molecule has 1 fully saturated rings. The van der Waals surface area contributed by atoms with Gasteiger partial charge >= 0.3 is 11.9 Å². The first-order valence-corrected chi connectivity index (χ1v) is 11.6. The predicted octanol–water partition coefficient (Wildman–Crippen LogP) is 5.06. The molecule has 0 aliphatic carbocycles. The molecular formula is C25H27NO3S. The average molecular weight is 422 g/mol. The zero-order chi connectivity index (χ0) is 20.9. The fourth-order valence-corrected chi connectivity index (χ4v) is 5.39. The van der Waals surface area contributed by atoms with E-state index in [9.17, 15) is 9.59 Å². The molecule has 0 unspecified atom stereocenters. The molecule has 4 rings (SSSR count). The number of rotatable bonds is 4. The van der Waals surface area contributed by atoms with E-state index < -0.39 is 11.9 Å². The number of benzene rings is 2. The van der Waals surface area contributed by atoms with Crippen LogP contribution in [0.2, 0.25) is 0 Å². The zero-order valence-corrected chi connectivity index (χ0v) is 18.2. The Morgan fingerprint density at radius 3 is 2.47 bits per heavy atom. The highest BCUT2D eigenvalue weighted by molar-refractivity contribution is 7.98. The molecule has 2 aliphatic heterocycles. The van der Waals surface area contributed by atoms with Gasteiger partial charge in [-0.1, -0.05) is 48.0 Å². The van der Waals surface area contributed by atoms with Crippen molar-refractivity contribution >= 4 is 29.3 Å².